The van der Waals surface area contributed by atoms with E-state index in [-0.39, 0.29) is 11.9 Å². The Morgan fingerprint density at radius 1 is 1.38 bits per heavy atom. The lowest BCUT2D eigenvalue weighted by Crippen LogP contribution is -2.54. The summed E-state index contributed by atoms with van der Waals surface area (Å²) in [5, 5.41) is 8.53. The van der Waals surface area contributed by atoms with Gasteiger partial charge >= 0.3 is 0 Å². The lowest BCUT2D eigenvalue weighted by Gasteiger charge is -2.38. The van der Waals surface area contributed by atoms with Gasteiger partial charge in [0.25, 0.3) is 0 Å². The lowest BCUT2D eigenvalue weighted by atomic mass is 10.1. The van der Waals surface area contributed by atoms with Crippen LogP contribution in [0, 0.1) is 11.3 Å². The minimum absolute atomic E-state index is 0.162. The topological polar surface area (TPSA) is 113 Å². The first-order valence-corrected chi connectivity index (χ1v) is 6.53. The van der Waals surface area contributed by atoms with E-state index in [4.69, 9.17) is 21.5 Å². The lowest BCUT2D eigenvalue weighted by molar-refractivity contribution is 0.326. The second kappa shape index (κ2) is 5.71. The van der Waals surface area contributed by atoms with Gasteiger partial charge in [0.2, 0.25) is 11.9 Å². The molecule has 4 N–H and O–H groups in total. The summed E-state index contributed by atoms with van der Waals surface area (Å²) in [7, 11) is 0. The van der Waals surface area contributed by atoms with Gasteiger partial charge in [-0.05, 0) is 26.0 Å². The van der Waals surface area contributed by atoms with Gasteiger partial charge in [0, 0.05) is 11.8 Å². The van der Waals surface area contributed by atoms with Crippen LogP contribution in [0.3, 0.4) is 0 Å². The van der Waals surface area contributed by atoms with Gasteiger partial charge in [-0.2, -0.15) is 10.3 Å². The van der Waals surface area contributed by atoms with E-state index in [0.29, 0.717) is 18.8 Å². The second-order valence-corrected chi connectivity index (χ2v) is 5.02. The first kappa shape index (κ1) is 14.7. The average Bonchev–Trinajstić information content (AvgIpc) is 2.37. The molecule has 0 amide bonds. The van der Waals surface area contributed by atoms with Crippen LogP contribution in [-0.4, -0.2) is 24.2 Å². The van der Waals surface area contributed by atoms with Gasteiger partial charge in [0.1, 0.15) is 18.0 Å². The fraction of sp³-hybridized carbons (Fsp3) is 0.357. The molecule has 0 aromatic heterocycles. The first-order valence-electron chi connectivity index (χ1n) is 6.53. The third-order valence-corrected chi connectivity index (χ3v) is 2.95. The number of anilines is 1. The monoisotopic (exact) mass is 286 g/mol. The van der Waals surface area contributed by atoms with Gasteiger partial charge in [-0.15, -0.1) is 0 Å². The molecule has 1 aliphatic heterocycles. The summed E-state index contributed by atoms with van der Waals surface area (Å²) in [6.45, 7) is 4.13. The zero-order chi connectivity index (χ0) is 15.5. The Labute approximate surface area is 123 Å². The van der Waals surface area contributed by atoms with E-state index in [1.54, 1.807) is 4.90 Å². The molecule has 1 aliphatic rings. The van der Waals surface area contributed by atoms with E-state index in [1.807, 2.05) is 44.2 Å². The van der Waals surface area contributed by atoms with Crippen LogP contribution in [0.25, 0.3) is 0 Å². The molecule has 1 aromatic carbocycles. The molecule has 0 spiro atoms. The molecule has 7 heteroatoms. The van der Waals surface area contributed by atoms with Crippen LogP contribution in [-0.2, 0) is 0 Å². The highest BCUT2D eigenvalue weighted by Crippen LogP contribution is 2.29. The highest BCUT2D eigenvalue weighted by molar-refractivity contribution is 6.05. The van der Waals surface area contributed by atoms with E-state index in [1.165, 1.54) is 0 Å². The Balaban J connectivity index is 2.28. The molecule has 110 valence electrons. The molecular weight excluding hydrogens is 268 g/mol. The number of rotatable bonds is 4. The highest BCUT2D eigenvalue weighted by atomic mass is 16.5. The smallest absolute Gasteiger partial charge is 0.220 e. The van der Waals surface area contributed by atoms with Crippen LogP contribution in [0.1, 0.15) is 20.3 Å². The third kappa shape index (κ3) is 3.23. The zero-order valence-electron chi connectivity index (χ0n) is 12.1. The van der Waals surface area contributed by atoms with Gasteiger partial charge < -0.3 is 16.2 Å². The number of nitrogens with two attached hydrogens (primary N) is 2. The van der Waals surface area contributed by atoms with Crippen molar-refractivity contribution in [3.63, 3.8) is 0 Å². The number of hydrogen-bond donors (Lipinski definition) is 2. The maximum Gasteiger partial charge on any atom is 0.220 e. The molecule has 0 unspecified atom stereocenters. The Hall–Kier alpha value is -2.75. The molecule has 2 rings (SSSR count). The largest absolute Gasteiger partial charge is 0.492 e. The van der Waals surface area contributed by atoms with Crippen molar-refractivity contribution >= 4 is 17.6 Å². The fourth-order valence-electron chi connectivity index (χ4n) is 2.18. The molecule has 0 fully saturated rings. The van der Waals surface area contributed by atoms with E-state index < -0.39 is 5.66 Å². The SMILES string of the molecule is CC1(C)N=C(N)N=C(N)N1c1cccc(OCCC#N)c1. The van der Waals surface area contributed by atoms with Gasteiger partial charge in [-0.3, -0.25) is 4.90 Å². The minimum atomic E-state index is -0.638. The minimum Gasteiger partial charge on any atom is -0.492 e. The van der Waals surface area contributed by atoms with Crippen LogP contribution in [0.4, 0.5) is 5.69 Å². The van der Waals surface area contributed by atoms with Crippen molar-refractivity contribution in [3.05, 3.63) is 24.3 Å². The molecule has 7 nitrogen and oxygen atoms in total. The highest BCUT2D eigenvalue weighted by Gasteiger charge is 2.33. The van der Waals surface area contributed by atoms with Crippen molar-refractivity contribution in [1.82, 2.24) is 0 Å². The third-order valence-electron chi connectivity index (χ3n) is 2.95. The Morgan fingerprint density at radius 2 is 2.14 bits per heavy atom. The summed E-state index contributed by atoms with van der Waals surface area (Å²) in [5.41, 5.74) is 11.8. The maximum atomic E-state index is 8.53. The Morgan fingerprint density at radius 3 is 2.81 bits per heavy atom. The quantitative estimate of drug-likeness (QED) is 0.806. The Kier molecular flexibility index (Phi) is 3.98. The summed E-state index contributed by atoms with van der Waals surface area (Å²) in [4.78, 5) is 10.1. The normalized spacial score (nSPS) is 16.7. The maximum absolute atomic E-state index is 8.53. The number of hydrogen-bond acceptors (Lipinski definition) is 7. The molecular formula is C14H18N6O. The molecule has 0 radical (unpaired) electrons. The summed E-state index contributed by atoms with van der Waals surface area (Å²) in [6, 6.07) is 9.43. The molecule has 0 saturated carbocycles. The summed E-state index contributed by atoms with van der Waals surface area (Å²) in [5.74, 6) is 1.10. The zero-order valence-corrected chi connectivity index (χ0v) is 12.1. The number of aliphatic imine (C=N–C) groups is 2. The average molecular weight is 286 g/mol. The molecule has 1 aromatic rings. The predicted octanol–water partition coefficient (Wildman–Crippen LogP) is 1.16. The van der Waals surface area contributed by atoms with Crippen LogP contribution < -0.4 is 21.1 Å². The van der Waals surface area contributed by atoms with Crippen molar-refractivity contribution in [2.24, 2.45) is 21.5 Å². The first-order chi connectivity index (χ1) is 9.94. The van der Waals surface area contributed by atoms with Crippen LogP contribution in [0.5, 0.6) is 5.75 Å². The van der Waals surface area contributed by atoms with Gasteiger partial charge in [-0.25, -0.2) is 4.99 Å². The number of benzene rings is 1. The Bertz CT molecular complexity index is 629. The molecule has 0 saturated heterocycles. The molecule has 0 bridgehead atoms. The molecule has 1 heterocycles. The number of nitriles is 1. The molecule has 21 heavy (non-hydrogen) atoms. The van der Waals surface area contributed by atoms with Gasteiger partial charge in [0.05, 0.1) is 12.5 Å². The number of nitrogens with zero attached hydrogens (tertiary/aromatic N) is 4. The van der Waals surface area contributed by atoms with Crippen molar-refractivity contribution in [3.8, 4) is 11.8 Å². The van der Waals surface area contributed by atoms with Crippen molar-refractivity contribution < 1.29 is 4.74 Å². The molecule has 0 atom stereocenters. The standard InChI is InChI=1S/C14H18N6O/c1-14(2)19-12(16)18-13(17)20(14)10-5-3-6-11(9-10)21-8-4-7-15/h3,5-6,9H,4,8H2,1-2H3,(H4,16,17,18,19). The van der Waals surface area contributed by atoms with E-state index in [9.17, 15) is 0 Å². The molecule has 0 aliphatic carbocycles. The number of ether oxygens (including phenoxy) is 1. The van der Waals surface area contributed by atoms with Crippen LogP contribution in [0.15, 0.2) is 34.3 Å². The summed E-state index contributed by atoms with van der Waals surface area (Å²) < 4.78 is 5.51. The van der Waals surface area contributed by atoms with Crippen LogP contribution in [0.2, 0.25) is 0 Å². The predicted molar refractivity (Wildman–Crippen MR) is 82.0 cm³/mol. The fourth-order valence-corrected chi connectivity index (χ4v) is 2.18. The van der Waals surface area contributed by atoms with Crippen molar-refractivity contribution in [2.75, 3.05) is 11.5 Å². The van der Waals surface area contributed by atoms with Gasteiger partial charge in [-0.1, -0.05) is 6.07 Å². The van der Waals surface area contributed by atoms with E-state index >= 15 is 0 Å². The van der Waals surface area contributed by atoms with Crippen molar-refractivity contribution in [1.29, 1.82) is 5.26 Å². The van der Waals surface area contributed by atoms with E-state index in [0.717, 1.165) is 5.69 Å². The summed E-state index contributed by atoms with van der Waals surface area (Å²) in [6.07, 6.45) is 0.337. The van der Waals surface area contributed by atoms with Crippen molar-refractivity contribution in [2.45, 2.75) is 25.9 Å². The summed E-state index contributed by atoms with van der Waals surface area (Å²) >= 11 is 0. The van der Waals surface area contributed by atoms with Gasteiger partial charge in [0.15, 0.2) is 0 Å². The van der Waals surface area contributed by atoms with E-state index in [2.05, 4.69) is 9.98 Å². The second-order valence-electron chi connectivity index (χ2n) is 5.02. The number of guanidine groups is 2. The van der Waals surface area contributed by atoms with Crippen LogP contribution >= 0.6 is 0 Å².